The molecule has 0 radical (unpaired) electrons. The molecule has 0 aliphatic heterocycles. The Morgan fingerprint density at radius 2 is 1.81 bits per heavy atom. The lowest BCUT2D eigenvalue weighted by Gasteiger charge is -2.10. The highest BCUT2D eigenvalue weighted by Gasteiger charge is 2.05. The number of amides is 2. The van der Waals surface area contributed by atoms with Crippen molar-refractivity contribution in [2.24, 2.45) is 5.73 Å². The van der Waals surface area contributed by atoms with Gasteiger partial charge in [-0.15, -0.1) is 0 Å². The van der Waals surface area contributed by atoms with Crippen LogP contribution in [0.1, 0.15) is 49.9 Å². The van der Waals surface area contributed by atoms with Crippen molar-refractivity contribution >= 4 is 11.8 Å². The summed E-state index contributed by atoms with van der Waals surface area (Å²) in [6, 6.07) is 7.09. The van der Waals surface area contributed by atoms with Gasteiger partial charge < -0.3 is 15.8 Å². The first kappa shape index (κ1) is 17.0. The first-order chi connectivity index (χ1) is 9.99. The third kappa shape index (κ3) is 7.34. The fourth-order valence-electron chi connectivity index (χ4n) is 1.86. The third-order valence-corrected chi connectivity index (χ3v) is 2.87. The number of ether oxygens (including phenoxy) is 1. The van der Waals surface area contributed by atoms with Crippen molar-refractivity contribution in [3.8, 4) is 5.75 Å². The number of rotatable bonds is 9. The van der Waals surface area contributed by atoms with Gasteiger partial charge in [-0.25, -0.2) is 0 Å². The van der Waals surface area contributed by atoms with Gasteiger partial charge in [0, 0.05) is 18.5 Å². The quantitative estimate of drug-likeness (QED) is 0.685. The summed E-state index contributed by atoms with van der Waals surface area (Å²) in [5, 5.41) is 2.85. The van der Waals surface area contributed by atoms with Crippen LogP contribution in [0.25, 0.3) is 0 Å². The van der Waals surface area contributed by atoms with E-state index in [9.17, 15) is 9.59 Å². The minimum Gasteiger partial charge on any atom is -0.491 e. The normalized spacial score (nSPS) is 10.4. The molecule has 5 heteroatoms. The zero-order valence-electron chi connectivity index (χ0n) is 12.7. The smallest absolute Gasteiger partial charge is 0.251 e. The molecule has 1 rings (SSSR count). The molecule has 116 valence electrons. The lowest BCUT2D eigenvalue weighted by Crippen LogP contribution is -2.24. The van der Waals surface area contributed by atoms with Gasteiger partial charge in [0.15, 0.2) is 0 Å². The Labute approximate surface area is 125 Å². The molecule has 0 saturated carbocycles. The Morgan fingerprint density at radius 3 is 2.38 bits per heavy atom. The monoisotopic (exact) mass is 292 g/mol. The number of primary amides is 1. The van der Waals surface area contributed by atoms with E-state index in [0.29, 0.717) is 18.5 Å². The van der Waals surface area contributed by atoms with Crippen LogP contribution in [0.5, 0.6) is 5.75 Å². The van der Waals surface area contributed by atoms with E-state index >= 15 is 0 Å². The Bertz CT molecular complexity index is 455. The number of benzene rings is 1. The van der Waals surface area contributed by atoms with Gasteiger partial charge in [-0.3, -0.25) is 9.59 Å². The summed E-state index contributed by atoms with van der Waals surface area (Å²) in [5.74, 6) is 0.386. The highest BCUT2D eigenvalue weighted by molar-refractivity contribution is 5.94. The van der Waals surface area contributed by atoms with Crippen molar-refractivity contribution in [1.82, 2.24) is 5.32 Å². The molecule has 21 heavy (non-hydrogen) atoms. The molecule has 0 aromatic heterocycles. The molecule has 0 aliphatic rings. The largest absolute Gasteiger partial charge is 0.491 e. The number of nitrogens with two attached hydrogens (primary N) is 1. The second-order valence-corrected chi connectivity index (χ2v) is 5.22. The van der Waals surface area contributed by atoms with Crippen LogP contribution in [-0.4, -0.2) is 24.5 Å². The first-order valence-electron chi connectivity index (χ1n) is 7.32. The lowest BCUT2D eigenvalue weighted by atomic mass is 10.1. The molecule has 0 bridgehead atoms. The molecule has 5 nitrogen and oxygen atoms in total. The summed E-state index contributed by atoms with van der Waals surface area (Å²) in [5.41, 5.74) is 5.67. The van der Waals surface area contributed by atoms with Crippen LogP contribution < -0.4 is 15.8 Å². The van der Waals surface area contributed by atoms with Crippen LogP contribution in [0.3, 0.4) is 0 Å². The number of carbonyl (C=O) groups is 2. The van der Waals surface area contributed by atoms with Gasteiger partial charge in [-0.1, -0.05) is 6.42 Å². The predicted octanol–water partition coefficient (Wildman–Crippen LogP) is 2.25. The molecule has 0 aliphatic carbocycles. The SMILES string of the molecule is CC(C)Oc1ccc(C(=O)NCCCCCC(N)=O)cc1. The summed E-state index contributed by atoms with van der Waals surface area (Å²) in [6.45, 7) is 4.51. The molecular weight excluding hydrogens is 268 g/mol. The summed E-state index contributed by atoms with van der Waals surface area (Å²) in [6.07, 6.45) is 3.01. The van der Waals surface area contributed by atoms with E-state index in [0.717, 1.165) is 25.0 Å². The number of hydrogen-bond donors (Lipinski definition) is 2. The van der Waals surface area contributed by atoms with E-state index in [1.165, 1.54) is 0 Å². The van der Waals surface area contributed by atoms with Crippen molar-refractivity contribution in [3.05, 3.63) is 29.8 Å². The van der Waals surface area contributed by atoms with Crippen LogP contribution >= 0.6 is 0 Å². The minimum atomic E-state index is -0.275. The van der Waals surface area contributed by atoms with Gasteiger partial charge in [0.25, 0.3) is 5.91 Å². The number of carbonyl (C=O) groups excluding carboxylic acids is 2. The average Bonchev–Trinajstić information content (AvgIpc) is 2.42. The van der Waals surface area contributed by atoms with E-state index < -0.39 is 0 Å². The topological polar surface area (TPSA) is 81.4 Å². The summed E-state index contributed by atoms with van der Waals surface area (Å²) in [7, 11) is 0. The van der Waals surface area contributed by atoms with Crippen LogP contribution in [-0.2, 0) is 4.79 Å². The third-order valence-electron chi connectivity index (χ3n) is 2.87. The van der Waals surface area contributed by atoms with Crippen molar-refractivity contribution < 1.29 is 14.3 Å². The molecular formula is C16H24N2O3. The second-order valence-electron chi connectivity index (χ2n) is 5.22. The molecule has 0 atom stereocenters. The molecule has 1 aromatic carbocycles. The molecule has 2 amide bonds. The molecule has 0 unspecified atom stereocenters. The standard InChI is InChI=1S/C16H24N2O3/c1-12(2)21-14-9-7-13(8-10-14)16(20)18-11-5-3-4-6-15(17)19/h7-10,12H,3-6,11H2,1-2H3,(H2,17,19)(H,18,20). The van der Waals surface area contributed by atoms with E-state index in [4.69, 9.17) is 10.5 Å². The van der Waals surface area contributed by atoms with E-state index in [2.05, 4.69) is 5.32 Å². The summed E-state index contributed by atoms with van der Waals surface area (Å²) >= 11 is 0. The van der Waals surface area contributed by atoms with Crippen molar-refractivity contribution in [2.45, 2.75) is 45.6 Å². The van der Waals surface area contributed by atoms with E-state index in [-0.39, 0.29) is 17.9 Å². The highest BCUT2D eigenvalue weighted by atomic mass is 16.5. The maximum absolute atomic E-state index is 11.9. The fourth-order valence-corrected chi connectivity index (χ4v) is 1.86. The number of hydrogen-bond acceptors (Lipinski definition) is 3. The zero-order valence-corrected chi connectivity index (χ0v) is 12.7. The fraction of sp³-hybridized carbons (Fsp3) is 0.500. The van der Waals surface area contributed by atoms with Crippen LogP contribution in [0.15, 0.2) is 24.3 Å². The molecule has 0 fully saturated rings. The van der Waals surface area contributed by atoms with Gasteiger partial charge in [0.05, 0.1) is 6.10 Å². The molecule has 1 aromatic rings. The zero-order chi connectivity index (χ0) is 15.7. The minimum absolute atomic E-state index is 0.0963. The maximum atomic E-state index is 11.9. The maximum Gasteiger partial charge on any atom is 0.251 e. The van der Waals surface area contributed by atoms with E-state index in [1.807, 2.05) is 13.8 Å². The average molecular weight is 292 g/mol. The number of unbranched alkanes of at least 4 members (excludes halogenated alkanes) is 2. The number of nitrogens with one attached hydrogen (secondary N) is 1. The van der Waals surface area contributed by atoms with Gasteiger partial charge in [0.1, 0.15) is 5.75 Å². The first-order valence-corrected chi connectivity index (χ1v) is 7.32. The Kier molecular flexibility index (Phi) is 7.29. The molecule has 0 heterocycles. The lowest BCUT2D eigenvalue weighted by molar-refractivity contribution is -0.118. The highest BCUT2D eigenvalue weighted by Crippen LogP contribution is 2.13. The summed E-state index contributed by atoms with van der Waals surface area (Å²) in [4.78, 5) is 22.5. The molecule has 0 spiro atoms. The van der Waals surface area contributed by atoms with Gasteiger partial charge in [0.2, 0.25) is 5.91 Å². The molecule has 0 saturated heterocycles. The Balaban J connectivity index is 2.27. The van der Waals surface area contributed by atoms with Crippen LogP contribution in [0.2, 0.25) is 0 Å². The second kappa shape index (κ2) is 9.00. The van der Waals surface area contributed by atoms with Gasteiger partial charge in [-0.05, 0) is 51.0 Å². The van der Waals surface area contributed by atoms with Crippen LogP contribution in [0, 0.1) is 0 Å². The Morgan fingerprint density at radius 1 is 1.14 bits per heavy atom. The van der Waals surface area contributed by atoms with Crippen molar-refractivity contribution in [1.29, 1.82) is 0 Å². The predicted molar refractivity (Wildman–Crippen MR) is 82.2 cm³/mol. The van der Waals surface area contributed by atoms with Gasteiger partial charge >= 0.3 is 0 Å². The summed E-state index contributed by atoms with van der Waals surface area (Å²) < 4.78 is 5.52. The van der Waals surface area contributed by atoms with Crippen molar-refractivity contribution in [3.63, 3.8) is 0 Å². The molecule has 3 N–H and O–H groups in total. The van der Waals surface area contributed by atoms with Gasteiger partial charge in [-0.2, -0.15) is 0 Å². The van der Waals surface area contributed by atoms with E-state index in [1.54, 1.807) is 24.3 Å². The van der Waals surface area contributed by atoms with Crippen LogP contribution in [0.4, 0.5) is 0 Å². The Hall–Kier alpha value is -2.04. The van der Waals surface area contributed by atoms with Crippen molar-refractivity contribution in [2.75, 3.05) is 6.54 Å².